The van der Waals surface area contributed by atoms with Crippen LogP contribution in [0.3, 0.4) is 0 Å². The average molecular weight is 396 g/mol. The first-order valence-electron chi connectivity index (χ1n) is 10.2. The summed E-state index contributed by atoms with van der Waals surface area (Å²) in [7, 11) is 1.63. The quantitative estimate of drug-likeness (QED) is 0.808. The highest BCUT2D eigenvalue weighted by atomic mass is 16.5. The van der Waals surface area contributed by atoms with E-state index in [2.05, 4.69) is 5.32 Å². The smallest absolute Gasteiger partial charge is 0.318 e. The largest absolute Gasteiger partial charge is 0.493 e. The molecule has 2 amide bonds. The molecule has 0 unspecified atom stereocenters. The predicted molar refractivity (Wildman–Crippen MR) is 110 cm³/mol. The summed E-state index contributed by atoms with van der Waals surface area (Å²) < 4.78 is 16.8. The van der Waals surface area contributed by atoms with E-state index in [0.717, 1.165) is 50.1 Å². The number of hydrogen-bond donors (Lipinski definition) is 1. The number of ether oxygens (including phenoxy) is 3. The molecule has 6 heteroatoms. The van der Waals surface area contributed by atoms with Crippen molar-refractivity contribution in [2.45, 2.75) is 38.0 Å². The van der Waals surface area contributed by atoms with Crippen molar-refractivity contribution in [1.82, 2.24) is 10.2 Å². The minimum absolute atomic E-state index is 0.00141. The van der Waals surface area contributed by atoms with Crippen molar-refractivity contribution in [3.05, 3.63) is 59.7 Å². The maximum Gasteiger partial charge on any atom is 0.318 e. The van der Waals surface area contributed by atoms with E-state index >= 15 is 0 Å². The van der Waals surface area contributed by atoms with Gasteiger partial charge in [-0.05, 0) is 42.5 Å². The van der Waals surface area contributed by atoms with Gasteiger partial charge in [-0.25, -0.2) is 4.79 Å². The Morgan fingerprint density at radius 1 is 1.07 bits per heavy atom. The van der Waals surface area contributed by atoms with Crippen molar-refractivity contribution >= 4 is 6.03 Å². The normalized spacial score (nSPS) is 17.5. The van der Waals surface area contributed by atoms with E-state index in [-0.39, 0.29) is 11.6 Å². The fourth-order valence-electron chi connectivity index (χ4n) is 4.08. The van der Waals surface area contributed by atoms with Crippen LogP contribution >= 0.6 is 0 Å². The van der Waals surface area contributed by atoms with Crippen molar-refractivity contribution in [1.29, 1.82) is 0 Å². The molecule has 1 N–H and O–H groups in total. The Kier molecular flexibility index (Phi) is 5.90. The third-order valence-corrected chi connectivity index (χ3v) is 5.95. The number of urea groups is 1. The zero-order valence-electron chi connectivity index (χ0n) is 16.9. The molecule has 154 valence electrons. The fraction of sp³-hybridized carbons (Fsp3) is 0.435. The topological polar surface area (TPSA) is 60.0 Å². The Bertz CT molecular complexity index is 834. The van der Waals surface area contributed by atoms with Gasteiger partial charge in [-0.2, -0.15) is 0 Å². The Balaban J connectivity index is 1.33. The molecular formula is C23H28N2O4. The van der Waals surface area contributed by atoms with Crippen LogP contribution in [0.1, 0.15) is 30.4 Å². The average Bonchev–Trinajstić information content (AvgIpc) is 2.77. The summed E-state index contributed by atoms with van der Waals surface area (Å²) in [5, 5.41) is 3.05. The minimum atomic E-state index is 0.00141. The number of carbonyl (C=O) groups excluding carboxylic acids is 1. The number of benzene rings is 2. The number of nitrogens with zero attached hydrogens (tertiary/aromatic N) is 1. The number of hydrogen-bond acceptors (Lipinski definition) is 4. The Morgan fingerprint density at radius 2 is 1.86 bits per heavy atom. The Hall–Kier alpha value is -2.73. The first-order valence-corrected chi connectivity index (χ1v) is 10.2. The number of rotatable bonds is 6. The summed E-state index contributed by atoms with van der Waals surface area (Å²) >= 11 is 0. The van der Waals surface area contributed by atoms with Crippen LogP contribution in [0.25, 0.3) is 0 Å². The third kappa shape index (κ3) is 4.32. The van der Waals surface area contributed by atoms with Crippen molar-refractivity contribution in [2.75, 3.05) is 26.9 Å². The number of carbonyl (C=O) groups is 1. The maximum absolute atomic E-state index is 12.7. The van der Waals surface area contributed by atoms with Gasteiger partial charge in [0, 0.05) is 26.3 Å². The second-order valence-corrected chi connectivity index (χ2v) is 7.66. The summed E-state index contributed by atoms with van der Waals surface area (Å²) in [5.41, 5.74) is 2.08. The van der Waals surface area contributed by atoms with Gasteiger partial charge in [0.15, 0.2) is 11.5 Å². The lowest BCUT2D eigenvalue weighted by Gasteiger charge is -2.54. The lowest BCUT2D eigenvalue weighted by molar-refractivity contribution is -0.0629. The van der Waals surface area contributed by atoms with Gasteiger partial charge >= 0.3 is 6.03 Å². The van der Waals surface area contributed by atoms with Crippen LogP contribution in [0.15, 0.2) is 48.5 Å². The van der Waals surface area contributed by atoms with Crippen molar-refractivity contribution in [2.24, 2.45) is 0 Å². The third-order valence-electron chi connectivity index (χ3n) is 5.95. The van der Waals surface area contributed by atoms with Crippen LogP contribution in [0.4, 0.5) is 4.79 Å². The molecule has 6 nitrogen and oxygen atoms in total. The SMILES string of the molecule is COc1cc(CNC(=O)N2CCC23CCOCC3)ccc1OCc1ccccc1. The van der Waals surface area contributed by atoms with Crippen LogP contribution in [0.2, 0.25) is 0 Å². The van der Waals surface area contributed by atoms with E-state index < -0.39 is 0 Å². The van der Waals surface area contributed by atoms with Gasteiger partial charge in [0.2, 0.25) is 0 Å². The molecule has 0 aromatic heterocycles. The van der Waals surface area contributed by atoms with Crippen molar-refractivity contribution < 1.29 is 19.0 Å². The number of amides is 2. The van der Waals surface area contributed by atoms with E-state index in [1.807, 2.05) is 53.4 Å². The second-order valence-electron chi connectivity index (χ2n) is 7.66. The summed E-state index contributed by atoms with van der Waals surface area (Å²) in [6, 6.07) is 15.8. The molecule has 0 atom stereocenters. The highest BCUT2D eigenvalue weighted by Gasteiger charge is 2.47. The van der Waals surface area contributed by atoms with Gasteiger partial charge in [0.25, 0.3) is 0 Å². The zero-order chi connectivity index (χ0) is 20.1. The molecule has 2 aromatic rings. The second kappa shape index (κ2) is 8.74. The minimum Gasteiger partial charge on any atom is -0.493 e. The van der Waals surface area contributed by atoms with Gasteiger partial charge in [0.1, 0.15) is 6.61 Å². The van der Waals surface area contributed by atoms with Gasteiger partial charge in [-0.1, -0.05) is 36.4 Å². The standard InChI is InChI=1S/C23H28N2O4/c1-27-21-15-19(7-8-20(21)29-17-18-5-3-2-4-6-18)16-24-22(26)25-12-9-23(25)10-13-28-14-11-23/h2-8,15H,9-14,16-17H2,1H3,(H,24,26). The molecule has 4 rings (SSSR count). The Labute approximate surface area is 171 Å². The van der Waals surface area contributed by atoms with Crippen LogP contribution in [-0.4, -0.2) is 43.3 Å². The molecule has 29 heavy (non-hydrogen) atoms. The summed E-state index contributed by atoms with van der Waals surface area (Å²) in [6.07, 6.45) is 2.94. The fourth-order valence-corrected chi connectivity index (χ4v) is 4.08. The summed E-state index contributed by atoms with van der Waals surface area (Å²) in [6.45, 7) is 3.24. The maximum atomic E-state index is 12.7. The van der Waals surface area contributed by atoms with Crippen LogP contribution in [-0.2, 0) is 17.9 Å². The molecular weight excluding hydrogens is 368 g/mol. The van der Waals surface area contributed by atoms with E-state index in [1.165, 1.54) is 0 Å². The van der Waals surface area contributed by atoms with Crippen LogP contribution < -0.4 is 14.8 Å². The molecule has 0 radical (unpaired) electrons. The number of methoxy groups -OCH3 is 1. The molecule has 2 fully saturated rings. The van der Waals surface area contributed by atoms with E-state index in [0.29, 0.717) is 24.7 Å². The van der Waals surface area contributed by atoms with Gasteiger partial charge in [-0.15, -0.1) is 0 Å². The molecule has 2 aliphatic rings. The molecule has 2 aliphatic heterocycles. The molecule has 1 spiro atoms. The molecule has 0 bridgehead atoms. The highest BCUT2D eigenvalue weighted by molar-refractivity contribution is 5.76. The Morgan fingerprint density at radius 3 is 2.55 bits per heavy atom. The van der Waals surface area contributed by atoms with Gasteiger partial charge < -0.3 is 24.4 Å². The molecule has 2 heterocycles. The lowest BCUT2D eigenvalue weighted by Crippen LogP contribution is -2.66. The monoisotopic (exact) mass is 396 g/mol. The van der Waals surface area contributed by atoms with Gasteiger partial charge in [0.05, 0.1) is 12.6 Å². The van der Waals surface area contributed by atoms with E-state index in [1.54, 1.807) is 7.11 Å². The van der Waals surface area contributed by atoms with Crippen molar-refractivity contribution in [3.8, 4) is 11.5 Å². The predicted octanol–water partition coefficient (Wildman–Crippen LogP) is 3.74. The van der Waals surface area contributed by atoms with E-state index in [4.69, 9.17) is 14.2 Å². The van der Waals surface area contributed by atoms with Gasteiger partial charge in [-0.3, -0.25) is 0 Å². The summed E-state index contributed by atoms with van der Waals surface area (Å²) in [5.74, 6) is 1.35. The van der Waals surface area contributed by atoms with E-state index in [9.17, 15) is 4.79 Å². The van der Waals surface area contributed by atoms with Crippen molar-refractivity contribution in [3.63, 3.8) is 0 Å². The molecule has 0 aliphatic carbocycles. The molecule has 2 saturated heterocycles. The summed E-state index contributed by atoms with van der Waals surface area (Å²) in [4.78, 5) is 14.6. The zero-order valence-corrected chi connectivity index (χ0v) is 16.9. The van der Waals surface area contributed by atoms with Crippen LogP contribution in [0.5, 0.6) is 11.5 Å². The highest BCUT2D eigenvalue weighted by Crippen LogP contribution is 2.39. The molecule has 0 saturated carbocycles. The first-order chi connectivity index (χ1) is 14.2. The van der Waals surface area contributed by atoms with Crippen LogP contribution in [0, 0.1) is 0 Å². The number of likely N-dealkylation sites (tertiary alicyclic amines) is 1. The first kappa shape index (κ1) is 19.6. The number of nitrogens with one attached hydrogen (secondary N) is 1. The molecule has 2 aromatic carbocycles. The lowest BCUT2D eigenvalue weighted by atomic mass is 9.78.